The molecule has 3 N–H and O–H groups in total. The summed E-state index contributed by atoms with van der Waals surface area (Å²) in [5.74, 6) is -0.500. The summed E-state index contributed by atoms with van der Waals surface area (Å²) in [5, 5.41) is 8.74. The maximum absolute atomic E-state index is 15.2. The molecular formula is C42H51F2N9O5. The summed E-state index contributed by atoms with van der Waals surface area (Å²) in [5.41, 5.74) is 2.38. The van der Waals surface area contributed by atoms with Crippen LogP contribution in [0.15, 0.2) is 48.7 Å². The van der Waals surface area contributed by atoms with E-state index < -0.39 is 18.0 Å². The first-order valence-corrected chi connectivity index (χ1v) is 20.7. The number of nitrogens with zero attached hydrogens (tertiary/aromatic N) is 6. The van der Waals surface area contributed by atoms with Crippen molar-refractivity contribution in [3.05, 3.63) is 60.3 Å². The fraction of sp³-hybridized carbons (Fsp3) is 0.524. The van der Waals surface area contributed by atoms with E-state index in [9.17, 15) is 23.6 Å². The summed E-state index contributed by atoms with van der Waals surface area (Å²) in [6.45, 7) is 6.51. The van der Waals surface area contributed by atoms with Gasteiger partial charge in [-0.25, -0.2) is 23.5 Å². The molecule has 16 heteroatoms. The van der Waals surface area contributed by atoms with Crippen LogP contribution < -0.4 is 25.8 Å². The van der Waals surface area contributed by atoms with Crippen LogP contribution in [0, 0.1) is 23.5 Å². The van der Waals surface area contributed by atoms with E-state index in [0.717, 1.165) is 77.7 Å². The van der Waals surface area contributed by atoms with Crippen LogP contribution in [0.25, 0.3) is 11.3 Å². The summed E-state index contributed by atoms with van der Waals surface area (Å²) < 4.78 is 35.3. The SMILES string of the molecule is O=C1CCC(Nc2ccc(N3CCN(CC4CCN(C(=O)C5CCC(Nc6ncc(F)c(-c7cccc(N8CCCOC8=O)c7)n6)CC5)CC4)CC3)c(F)c2)C(=O)N1. The smallest absolute Gasteiger partial charge is 0.414 e. The van der Waals surface area contributed by atoms with E-state index in [-0.39, 0.29) is 47.6 Å². The van der Waals surface area contributed by atoms with E-state index in [1.807, 2.05) is 4.90 Å². The number of cyclic esters (lactones) is 1. The van der Waals surface area contributed by atoms with Gasteiger partial charge in [0, 0.05) is 87.7 Å². The van der Waals surface area contributed by atoms with Crippen LogP contribution in [0.4, 0.5) is 36.6 Å². The lowest BCUT2D eigenvalue weighted by atomic mass is 9.84. The predicted octanol–water partition coefficient (Wildman–Crippen LogP) is 5.02. The highest BCUT2D eigenvalue weighted by Crippen LogP contribution is 2.32. The number of ether oxygens (including phenoxy) is 1. The van der Waals surface area contributed by atoms with Crippen LogP contribution in [0.1, 0.15) is 57.8 Å². The van der Waals surface area contributed by atoms with Crippen molar-refractivity contribution in [1.29, 1.82) is 0 Å². The largest absolute Gasteiger partial charge is 0.449 e. The minimum absolute atomic E-state index is 0.0146. The van der Waals surface area contributed by atoms with Gasteiger partial charge in [0.2, 0.25) is 23.7 Å². The number of carbonyl (C=O) groups is 4. The Morgan fingerprint density at radius 2 is 1.66 bits per heavy atom. The number of piperidine rings is 2. The summed E-state index contributed by atoms with van der Waals surface area (Å²) >= 11 is 0. The zero-order chi connectivity index (χ0) is 40.2. The van der Waals surface area contributed by atoms with Gasteiger partial charge in [-0.15, -0.1) is 0 Å². The zero-order valence-electron chi connectivity index (χ0n) is 32.6. The molecule has 3 aromatic rings. The number of anilines is 4. The van der Waals surface area contributed by atoms with Gasteiger partial charge in [-0.05, 0) is 87.6 Å². The molecule has 4 saturated heterocycles. The van der Waals surface area contributed by atoms with E-state index >= 15 is 4.39 Å². The van der Waals surface area contributed by atoms with Crippen LogP contribution >= 0.6 is 0 Å². The van der Waals surface area contributed by atoms with Gasteiger partial charge in [0.15, 0.2) is 5.82 Å². The van der Waals surface area contributed by atoms with Crippen molar-refractivity contribution in [1.82, 2.24) is 25.1 Å². The number of piperazine rings is 1. The van der Waals surface area contributed by atoms with E-state index in [1.54, 1.807) is 41.3 Å². The quantitative estimate of drug-likeness (QED) is 0.237. The zero-order valence-corrected chi connectivity index (χ0v) is 32.6. The fourth-order valence-electron chi connectivity index (χ4n) is 8.93. The molecule has 0 radical (unpaired) electrons. The summed E-state index contributed by atoms with van der Waals surface area (Å²) in [6.07, 6.45) is 7.15. The lowest BCUT2D eigenvalue weighted by Crippen LogP contribution is -2.50. The van der Waals surface area contributed by atoms with Gasteiger partial charge >= 0.3 is 6.09 Å². The van der Waals surface area contributed by atoms with Crippen LogP contribution in [0.2, 0.25) is 0 Å². The average molecular weight is 800 g/mol. The summed E-state index contributed by atoms with van der Waals surface area (Å²) in [6, 6.07) is 11.5. The average Bonchev–Trinajstić information content (AvgIpc) is 3.23. The first-order valence-electron chi connectivity index (χ1n) is 20.7. The highest BCUT2D eigenvalue weighted by molar-refractivity contribution is 6.01. The second-order valence-corrected chi connectivity index (χ2v) is 16.1. The van der Waals surface area contributed by atoms with E-state index in [0.29, 0.717) is 67.2 Å². The molecule has 1 aliphatic carbocycles. The number of hydrogen-bond donors (Lipinski definition) is 3. The molecular weight excluding hydrogens is 749 g/mol. The van der Waals surface area contributed by atoms with Gasteiger partial charge < -0.3 is 25.2 Å². The van der Waals surface area contributed by atoms with Crippen molar-refractivity contribution in [2.75, 3.05) is 79.4 Å². The minimum atomic E-state index is -0.561. The van der Waals surface area contributed by atoms with Crippen molar-refractivity contribution in [2.45, 2.75) is 69.9 Å². The van der Waals surface area contributed by atoms with E-state index in [2.05, 4.69) is 35.7 Å². The minimum Gasteiger partial charge on any atom is -0.449 e. The molecule has 1 saturated carbocycles. The molecule has 0 spiro atoms. The topological polar surface area (TPSA) is 152 Å². The van der Waals surface area contributed by atoms with Gasteiger partial charge in [-0.3, -0.25) is 29.5 Å². The standard InChI is InChI=1S/C42H51F2N9O5/c43-33-24-31(46-35-10-12-37(54)48-39(35)55)9-11-36(33)51-20-18-50(19-21-51)26-27-13-16-52(17-14-27)40(56)28-5-7-30(8-6-28)47-41-45-25-34(44)38(49-41)29-3-1-4-32(23-29)53-15-2-22-58-42(53)57/h1,3-4,9,11,23-25,27-28,30,35,46H,2,5-8,10,12-22,26H2,(H,45,47,49)(H,48,54,55). The number of halogens is 2. The number of nitrogens with one attached hydrogen (secondary N) is 3. The Bertz CT molecular complexity index is 2000. The van der Waals surface area contributed by atoms with Gasteiger partial charge in [-0.1, -0.05) is 12.1 Å². The number of rotatable bonds is 10. The lowest BCUT2D eigenvalue weighted by Gasteiger charge is -2.40. The van der Waals surface area contributed by atoms with Crippen LogP contribution in [-0.2, 0) is 19.1 Å². The van der Waals surface area contributed by atoms with Gasteiger partial charge in [0.25, 0.3) is 0 Å². The highest BCUT2D eigenvalue weighted by Gasteiger charge is 2.33. The molecule has 4 amide bonds. The monoisotopic (exact) mass is 799 g/mol. The van der Waals surface area contributed by atoms with Crippen molar-refractivity contribution in [2.24, 2.45) is 11.8 Å². The Balaban J connectivity index is 0.755. The number of benzene rings is 2. The maximum atomic E-state index is 15.2. The van der Waals surface area contributed by atoms with Crippen molar-refractivity contribution < 1.29 is 32.7 Å². The molecule has 4 aliphatic heterocycles. The van der Waals surface area contributed by atoms with Gasteiger partial charge in [-0.2, -0.15) is 0 Å². The van der Waals surface area contributed by atoms with Crippen LogP contribution in [0.3, 0.4) is 0 Å². The Hall–Kier alpha value is -5.38. The first kappa shape index (κ1) is 39.4. The second-order valence-electron chi connectivity index (χ2n) is 16.1. The Morgan fingerprint density at radius 3 is 2.40 bits per heavy atom. The van der Waals surface area contributed by atoms with Gasteiger partial charge in [0.05, 0.1) is 18.5 Å². The van der Waals surface area contributed by atoms with Crippen molar-refractivity contribution >= 4 is 46.8 Å². The number of carbonyl (C=O) groups excluding carboxylic acids is 4. The highest BCUT2D eigenvalue weighted by atomic mass is 19.1. The Morgan fingerprint density at radius 1 is 0.862 bits per heavy atom. The second kappa shape index (κ2) is 17.6. The van der Waals surface area contributed by atoms with Crippen molar-refractivity contribution in [3.8, 4) is 11.3 Å². The molecule has 1 aromatic heterocycles. The van der Waals surface area contributed by atoms with Gasteiger partial charge in [0.1, 0.15) is 17.6 Å². The number of aromatic nitrogens is 2. The molecule has 2 aromatic carbocycles. The molecule has 1 unspecified atom stereocenters. The molecule has 5 fully saturated rings. The number of hydrogen-bond acceptors (Lipinski definition) is 11. The van der Waals surface area contributed by atoms with E-state index in [4.69, 9.17) is 4.74 Å². The molecule has 308 valence electrons. The molecule has 14 nitrogen and oxygen atoms in total. The third-order valence-corrected chi connectivity index (χ3v) is 12.2. The maximum Gasteiger partial charge on any atom is 0.414 e. The molecule has 0 bridgehead atoms. The third kappa shape index (κ3) is 9.16. The molecule has 1 atom stereocenters. The summed E-state index contributed by atoms with van der Waals surface area (Å²) in [4.78, 5) is 66.2. The van der Waals surface area contributed by atoms with E-state index in [1.165, 1.54) is 12.3 Å². The Kier molecular flexibility index (Phi) is 12.0. The fourth-order valence-corrected chi connectivity index (χ4v) is 8.93. The summed E-state index contributed by atoms with van der Waals surface area (Å²) in [7, 11) is 0. The lowest BCUT2D eigenvalue weighted by molar-refractivity contribution is -0.138. The normalized spacial score (nSPS) is 23.7. The first-order chi connectivity index (χ1) is 28.2. The number of amides is 4. The number of imide groups is 1. The van der Waals surface area contributed by atoms with Crippen LogP contribution in [-0.4, -0.2) is 115 Å². The number of likely N-dealkylation sites (tertiary alicyclic amines) is 1. The van der Waals surface area contributed by atoms with Crippen LogP contribution in [0.5, 0.6) is 0 Å². The molecule has 5 heterocycles. The Labute approximate surface area is 336 Å². The molecule has 5 aliphatic rings. The molecule has 58 heavy (non-hydrogen) atoms. The third-order valence-electron chi connectivity index (χ3n) is 12.2. The predicted molar refractivity (Wildman–Crippen MR) is 214 cm³/mol. The van der Waals surface area contributed by atoms with Crippen molar-refractivity contribution in [3.63, 3.8) is 0 Å². The molecule has 8 rings (SSSR count).